The fraction of sp³-hybridized carbons (Fsp3) is 0.333. The van der Waals surface area contributed by atoms with Crippen LogP contribution >= 0.6 is 0 Å². The van der Waals surface area contributed by atoms with Gasteiger partial charge in [-0.3, -0.25) is 0 Å². The van der Waals surface area contributed by atoms with Crippen LogP contribution in [0.5, 0.6) is 0 Å². The van der Waals surface area contributed by atoms with Gasteiger partial charge in [-0.05, 0) is 24.6 Å². The molecule has 3 N–H and O–H groups in total. The van der Waals surface area contributed by atoms with Gasteiger partial charge in [0.2, 0.25) is 16.0 Å². The quantitative estimate of drug-likeness (QED) is 0.814. The van der Waals surface area contributed by atoms with Crippen LogP contribution in [0.4, 0.5) is 24.9 Å². The van der Waals surface area contributed by atoms with E-state index in [1.807, 2.05) is 0 Å². The molecule has 1 atom stereocenters. The highest BCUT2D eigenvalue weighted by Crippen LogP contribution is 2.31. The van der Waals surface area contributed by atoms with Crippen LogP contribution in [0.1, 0.15) is 24.2 Å². The number of aromatic nitrogens is 2. The lowest BCUT2D eigenvalue weighted by molar-refractivity contribution is -0.141. The molecule has 1 unspecified atom stereocenters. The number of nitrogens with one attached hydrogen (secondary N) is 1. The Morgan fingerprint density at radius 1 is 1.19 bits per heavy atom. The number of benzene rings is 1. The molecule has 0 spiro atoms. The van der Waals surface area contributed by atoms with Crippen molar-refractivity contribution in [1.82, 2.24) is 9.97 Å². The maximum atomic E-state index is 13.0. The van der Waals surface area contributed by atoms with Crippen molar-refractivity contribution in [3.8, 4) is 0 Å². The number of halogens is 3. The highest BCUT2D eigenvalue weighted by atomic mass is 32.2. The molecule has 1 aromatic heterocycles. The Kier molecular flexibility index (Phi) is 5.42. The Labute approximate surface area is 149 Å². The third-order valence-corrected chi connectivity index (χ3v) is 4.40. The third-order valence-electron chi connectivity index (χ3n) is 3.49. The van der Waals surface area contributed by atoms with Gasteiger partial charge in [-0.15, -0.1) is 0 Å². The minimum Gasteiger partial charge on any atom is -0.363 e. The van der Waals surface area contributed by atoms with E-state index in [0.29, 0.717) is 5.56 Å². The number of rotatable bonds is 5. The maximum Gasteiger partial charge on any atom is 0.433 e. The third kappa shape index (κ3) is 4.82. The highest BCUT2D eigenvalue weighted by molar-refractivity contribution is 7.89. The number of hydrogen-bond donors (Lipinski definition) is 2. The van der Waals surface area contributed by atoms with Gasteiger partial charge in [0.1, 0.15) is 5.82 Å². The van der Waals surface area contributed by atoms with E-state index in [9.17, 15) is 21.6 Å². The second-order valence-electron chi connectivity index (χ2n) is 5.81. The van der Waals surface area contributed by atoms with Gasteiger partial charge in [0, 0.05) is 20.2 Å². The van der Waals surface area contributed by atoms with E-state index in [2.05, 4.69) is 15.3 Å². The van der Waals surface area contributed by atoms with Crippen molar-refractivity contribution in [2.24, 2.45) is 5.14 Å². The molecular formula is C15H18F3N5O2S. The van der Waals surface area contributed by atoms with Gasteiger partial charge in [-0.2, -0.15) is 18.2 Å². The zero-order chi connectivity index (χ0) is 19.7. The molecule has 0 fully saturated rings. The van der Waals surface area contributed by atoms with Crippen molar-refractivity contribution >= 4 is 21.8 Å². The molecular weight excluding hydrogens is 371 g/mol. The number of anilines is 2. The fourth-order valence-corrected chi connectivity index (χ4v) is 2.68. The van der Waals surface area contributed by atoms with Gasteiger partial charge >= 0.3 is 6.18 Å². The molecule has 0 saturated heterocycles. The molecule has 0 radical (unpaired) electrons. The highest BCUT2D eigenvalue weighted by Gasteiger charge is 2.34. The van der Waals surface area contributed by atoms with Crippen LogP contribution in [0, 0.1) is 0 Å². The first-order valence-corrected chi connectivity index (χ1v) is 8.95. The summed E-state index contributed by atoms with van der Waals surface area (Å²) in [5.74, 6) is -0.141. The van der Waals surface area contributed by atoms with Gasteiger partial charge in [-0.1, -0.05) is 12.1 Å². The van der Waals surface area contributed by atoms with Gasteiger partial charge < -0.3 is 10.2 Å². The molecule has 7 nitrogen and oxygen atoms in total. The molecule has 142 valence electrons. The van der Waals surface area contributed by atoms with Crippen LogP contribution in [-0.2, 0) is 16.2 Å². The van der Waals surface area contributed by atoms with E-state index in [1.165, 1.54) is 23.1 Å². The Balaban J connectivity index is 2.37. The molecule has 26 heavy (non-hydrogen) atoms. The summed E-state index contributed by atoms with van der Waals surface area (Å²) in [4.78, 5) is 8.88. The summed E-state index contributed by atoms with van der Waals surface area (Å²) >= 11 is 0. The van der Waals surface area contributed by atoms with Crippen molar-refractivity contribution in [3.05, 3.63) is 41.6 Å². The second-order valence-corrected chi connectivity index (χ2v) is 7.37. The molecule has 11 heteroatoms. The summed E-state index contributed by atoms with van der Waals surface area (Å²) < 4.78 is 62.0. The maximum absolute atomic E-state index is 13.0. The number of nitrogens with two attached hydrogens (primary N) is 1. The summed E-state index contributed by atoms with van der Waals surface area (Å²) in [7, 11) is -0.769. The van der Waals surface area contributed by atoms with Crippen molar-refractivity contribution in [1.29, 1.82) is 0 Å². The monoisotopic (exact) mass is 389 g/mol. The van der Waals surface area contributed by atoms with Crippen molar-refractivity contribution < 1.29 is 21.6 Å². The zero-order valence-corrected chi connectivity index (χ0v) is 15.1. The lowest BCUT2D eigenvalue weighted by atomic mass is 10.1. The van der Waals surface area contributed by atoms with Crippen LogP contribution in [0.25, 0.3) is 0 Å². The molecule has 0 bridgehead atoms. The first-order chi connectivity index (χ1) is 11.9. The Morgan fingerprint density at radius 3 is 2.38 bits per heavy atom. The molecule has 2 aromatic rings. The molecule has 0 aliphatic heterocycles. The van der Waals surface area contributed by atoms with Gasteiger partial charge in [0.05, 0.1) is 10.9 Å². The summed E-state index contributed by atoms with van der Waals surface area (Å²) in [6, 6.07) is 6.06. The lowest BCUT2D eigenvalue weighted by Gasteiger charge is -2.19. The molecule has 2 rings (SSSR count). The normalized spacial score (nSPS) is 13.3. The van der Waals surface area contributed by atoms with Crippen LogP contribution in [0.2, 0.25) is 0 Å². The number of primary sulfonamides is 1. The first kappa shape index (κ1) is 19.9. The first-order valence-electron chi connectivity index (χ1n) is 7.41. The van der Waals surface area contributed by atoms with E-state index in [4.69, 9.17) is 5.14 Å². The average Bonchev–Trinajstić information content (AvgIpc) is 2.53. The van der Waals surface area contributed by atoms with Crippen molar-refractivity contribution in [2.75, 3.05) is 24.3 Å². The number of alkyl halides is 3. The molecule has 1 heterocycles. The van der Waals surface area contributed by atoms with Gasteiger partial charge in [0.25, 0.3) is 0 Å². The van der Waals surface area contributed by atoms with Gasteiger partial charge in [-0.25, -0.2) is 18.5 Å². The van der Waals surface area contributed by atoms with Crippen LogP contribution in [-0.4, -0.2) is 32.5 Å². The smallest absolute Gasteiger partial charge is 0.363 e. The Morgan fingerprint density at radius 2 is 1.85 bits per heavy atom. The lowest BCUT2D eigenvalue weighted by Crippen LogP contribution is -2.19. The Bertz CT molecular complexity index is 900. The standard InChI is InChI=1S/C15H18F3N5O2S/c1-9(10-5-4-6-11(7-10)26(19,24)25)20-14-21-12(15(16,17)18)8-13(22-14)23(2)3/h4-9H,1-3H3,(H2,19,24,25)(H,20,21,22). The predicted octanol–water partition coefficient (Wildman–Crippen LogP) is 2.38. The average molecular weight is 389 g/mol. The zero-order valence-electron chi connectivity index (χ0n) is 14.2. The molecule has 0 aliphatic carbocycles. The van der Waals surface area contributed by atoms with Crippen LogP contribution < -0.4 is 15.4 Å². The van der Waals surface area contributed by atoms with E-state index < -0.39 is 27.9 Å². The summed E-state index contributed by atoms with van der Waals surface area (Å²) in [5, 5.41) is 7.86. The molecule has 0 aliphatic rings. The van der Waals surface area contributed by atoms with Gasteiger partial charge in [0.15, 0.2) is 5.69 Å². The van der Waals surface area contributed by atoms with E-state index >= 15 is 0 Å². The summed E-state index contributed by atoms with van der Waals surface area (Å²) in [6.07, 6.45) is -4.62. The molecule has 0 amide bonds. The topological polar surface area (TPSA) is 101 Å². The fourth-order valence-electron chi connectivity index (χ4n) is 2.11. The number of hydrogen-bond acceptors (Lipinski definition) is 6. The largest absolute Gasteiger partial charge is 0.433 e. The molecule has 1 aromatic carbocycles. The molecule has 0 saturated carbocycles. The minimum atomic E-state index is -4.62. The van der Waals surface area contributed by atoms with Crippen LogP contribution in [0.3, 0.4) is 0 Å². The summed E-state index contributed by atoms with van der Waals surface area (Å²) in [6.45, 7) is 1.64. The van der Waals surface area contributed by atoms with Crippen molar-refractivity contribution in [2.45, 2.75) is 24.0 Å². The number of sulfonamides is 1. The van der Waals surface area contributed by atoms with E-state index in [0.717, 1.165) is 6.07 Å². The van der Waals surface area contributed by atoms with Crippen molar-refractivity contribution in [3.63, 3.8) is 0 Å². The van der Waals surface area contributed by atoms with E-state index in [-0.39, 0.29) is 16.7 Å². The second kappa shape index (κ2) is 7.08. The SMILES string of the molecule is CC(Nc1nc(N(C)C)cc(C(F)(F)F)n1)c1cccc(S(N)(=O)=O)c1. The predicted molar refractivity (Wildman–Crippen MR) is 91.2 cm³/mol. The minimum absolute atomic E-state index is 0.0836. The summed E-state index contributed by atoms with van der Waals surface area (Å²) in [5.41, 5.74) is -0.576. The number of nitrogens with zero attached hydrogens (tertiary/aromatic N) is 3. The van der Waals surface area contributed by atoms with E-state index in [1.54, 1.807) is 27.1 Å². The Hall–Kier alpha value is -2.40. The van der Waals surface area contributed by atoms with Crippen LogP contribution in [0.15, 0.2) is 35.2 Å².